The van der Waals surface area contributed by atoms with E-state index >= 15 is 0 Å². The molecule has 2 aliphatic heterocycles. The molecule has 0 N–H and O–H groups in total. The molecule has 0 spiro atoms. The largest absolute Gasteiger partial charge is 0.437 e. The number of ether oxygens (including phenoxy) is 1. The first-order valence-corrected chi connectivity index (χ1v) is 11.0. The van der Waals surface area contributed by atoms with Crippen molar-refractivity contribution in [3.05, 3.63) is 17.4 Å². The van der Waals surface area contributed by atoms with Crippen LogP contribution in [0.5, 0.6) is 0 Å². The number of aryl methyl sites for hydroxylation is 2. The molecule has 0 saturated carbocycles. The Morgan fingerprint density at radius 3 is 2.58 bits per heavy atom. The second-order valence-electron chi connectivity index (χ2n) is 7.06. The molecule has 0 bridgehead atoms. The number of hydrogen-bond donors (Lipinski definition) is 0. The lowest BCUT2D eigenvalue weighted by molar-refractivity contribution is 0.0835. The van der Waals surface area contributed by atoms with Gasteiger partial charge in [-0.1, -0.05) is 6.92 Å². The highest BCUT2D eigenvalue weighted by atomic mass is 32.2. The third-order valence-corrected chi connectivity index (χ3v) is 6.89. The molecule has 9 heteroatoms. The Hall–Kier alpha value is -1.74. The molecule has 2 aliphatic rings. The van der Waals surface area contributed by atoms with Gasteiger partial charge in [-0.3, -0.25) is 0 Å². The van der Waals surface area contributed by atoms with Gasteiger partial charge in [0.05, 0.1) is 23.2 Å². The number of hydrogen-bond acceptors (Lipinski definition) is 7. The van der Waals surface area contributed by atoms with E-state index in [0.717, 1.165) is 24.4 Å². The zero-order chi connectivity index (χ0) is 18.3. The van der Waals surface area contributed by atoms with E-state index in [1.54, 1.807) is 4.68 Å². The Kier molecular flexibility index (Phi) is 4.60. The van der Waals surface area contributed by atoms with Crippen molar-refractivity contribution in [2.45, 2.75) is 51.5 Å². The summed E-state index contributed by atoms with van der Waals surface area (Å²) < 4.78 is 37.0. The SMILES string of the molecule is CCc1nc(C)c(-c2nc(C3CCOCC3)nn2C2CCS(=O)(=O)C2)o1. The van der Waals surface area contributed by atoms with Crippen molar-refractivity contribution in [1.29, 1.82) is 0 Å². The third-order valence-electron chi connectivity index (χ3n) is 5.13. The first-order chi connectivity index (χ1) is 12.5. The fourth-order valence-electron chi connectivity index (χ4n) is 3.66. The molecule has 142 valence electrons. The summed E-state index contributed by atoms with van der Waals surface area (Å²) in [7, 11) is -3.02. The van der Waals surface area contributed by atoms with E-state index in [-0.39, 0.29) is 23.5 Å². The third kappa shape index (κ3) is 3.29. The summed E-state index contributed by atoms with van der Waals surface area (Å²) in [4.78, 5) is 9.21. The fraction of sp³-hybridized carbons (Fsp3) is 0.706. The lowest BCUT2D eigenvalue weighted by atomic mass is 10.00. The molecule has 0 aromatic carbocycles. The summed E-state index contributed by atoms with van der Waals surface area (Å²) in [6.07, 6.45) is 3.00. The van der Waals surface area contributed by atoms with E-state index in [4.69, 9.17) is 19.2 Å². The predicted octanol–water partition coefficient (Wildman–Crippen LogP) is 2.06. The molecule has 4 heterocycles. The zero-order valence-electron chi connectivity index (χ0n) is 15.1. The van der Waals surface area contributed by atoms with E-state index < -0.39 is 9.84 Å². The summed E-state index contributed by atoms with van der Waals surface area (Å²) in [6, 6.07) is -0.203. The smallest absolute Gasteiger partial charge is 0.196 e. The molecule has 0 aliphatic carbocycles. The second-order valence-corrected chi connectivity index (χ2v) is 9.29. The van der Waals surface area contributed by atoms with Crippen molar-refractivity contribution in [2.75, 3.05) is 24.7 Å². The summed E-state index contributed by atoms with van der Waals surface area (Å²) in [5.41, 5.74) is 0.759. The van der Waals surface area contributed by atoms with Crippen molar-refractivity contribution < 1.29 is 17.6 Å². The number of rotatable bonds is 4. The maximum absolute atomic E-state index is 12.0. The second kappa shape index (κ2) is 6.77. The van der Waals surface area contributed by atoms with Crippen molar-refractivity contribution in [2.24, 2.45) is 0 Å². The molecule has 1 unspecified atom stereocenters. The van der Waals surface area contributed by atoms with Crippen LogP contribution in [0.3, 0.4) is 0 Å². The molecular formula is C17H24N4O4S. The van der Waals surface area contributed by atoms with Crippen LogP contribution in [0, 0.1) is 6.92 Å². The monoisotopic (exact) mass is 380 g/mol. The number of oxazole rings is 1. The molecule has 0 amide bonds. The highest BCUT2D eigenvalue weighted by Crippen LogP contribution is 2.33. The summed E-state index contributed by atoms with van der Waals surface area (Å²) >= 11 is 0. The quantitative estimate of drug-likeness (QED) is 0.800. The molecule has 2 aromatic rings. The minimum Gasteiger partial charge on any atom is -0.437 e. The molecule has 2 aromatic heterocycles. The number of sulfone groups is 1. The van der Waals surface area contributed by atoms with E-state index in [9.17, 15) is 8.42 Å². The molecule has 2 fully saturated rings. The van der Waals surface area contributed by atoms with Crippen LogP contribution in [0.25, 0.3) is 11.6 Å². The van der Waals surface area contributed by atoms with Gasteiger partial charge in [-0.05, 0) is 26.2 Å². The normalized spacial score (nSPS) is 23.5. The van der Waals surface area contributed by atoms with Crippen LogP contribution >= 0.6 is 0 Å². The van der Waals surface area contributed by atoms with Gasteiger partial charge >= 0.3 is 0 Å². The van der Waals surface area contributed by atoms with Crippen LogP contribution in [0.1, 0.15) is 55.6 Å². The van der Waals surface area contributed by atoms with Crippen LogP contribution in [0.2, 0.25) is 0 Å². The Bertz CT molecular complexity index is 896. The molecule has 4 rings (SSSR count). The van der Waals surface area contributed by atoms with Crippen molar-refractivity contribution >= 4 is 9.84 Å². The van der Waals surface area contributed by atoms with Gasteiger partial charge in [0, 0.05) is 25.6 Å². The first-order valence-electron chi connectivity index (χ1n) is 9.18. The maximum atomic E-state index is 12.0. The zero-order valence-corrected chi connectivity index (χ0v) is 16.0. The Balaban J connectivity index is 1.77. The molecule has 26 heavy (non-hydrogen) atoms. The summed E-state index contributed by atoms with van der Waals surface area (Å²) in [5.74, 6) is 3.12. The average molecular weight is 380 g/mol. The van der Waals surface area contributed by atoms with Crippen LogP contribution in [-0.4, -0.2) is 52.9 Å². The highest BCUT2D eigenvalue weighted by molar-refractivity contribution is 7.91. The number of aromatic nitrogens is 4. The highest BCUT2D eigenvalue weighted by Gasteiger charge is 2.34. The van der Waals surface area contributed by atoms with Gasteiger partial charge in [0.1, 0.15) is 0 Å². The van der Waals surface area contributed by atoms with Crippen molar-refractivity contribution in [3.8, 4) is 11.6 Å². The predicted molar refractivity (Wildman–Crippen MR) is 94.7 cm³/mol. The van der Waals surface area contributed by atoms with Crippen LogP contribution in [0.4, 0.5) is 0 Å². The minimum absolute atomic E-state index is 0.102. The van der Waals surface area contributed by atoms with Crippen LogP contribution in [0.15, 0.2) is 4.42 Å². The number of nitrogens with zero attached hydrogens (tertiary/aromatic N) is 4. The topological polar surface area (TPSA) is 100 Å². The minimum atomic E-state index is -3.02. The van der Waals surface area contributed by atoms with Gasteiger partial charge in [-0.25, -0.2) is 23.1 Å². The molecule has 1 atom stereocenters. The van der Waals surface area contributed by atoms with Gasteiger partial charge in [0.2, 0.25) is 0 Å². The van der Waals surface area contributed by atoms with E-state index in [2.05, 4.69) is 4.98 Å². The van der Waals surface area contributed by atoms with Crippen molar-refractivity contribution in [3.63, 3.8) is 0 Å². The molecule has 8 nitrogen and oxygen atoms in total. The van der Waals surface area contributed by atoms with E-state index in [1.807, 2.05) is 13.8 Å². The van der Waals surface area contributed by atoms with Gasteiger partial charge in [-0.2, -0.15) is 5.10 Å². The van der Waals surface area contributed by atoms with E-state index in [1.165, 1.54) is 0 Å². The Morgan fingerprint density at radius 1 is 1.19 bits per heavy atom. The Morgan fingerprint density at radius 2 is 1.96 bits per heavy atom. The summed E-state index contributed by atoms with van der Waals surface area (Å²) in [5, 5.41) is 4.73. The van der Waals surface area contributed by atoms with Crippen LogP contribution in [-0.2, 0) is 21.0 Å². The van der Waals surface area contributed by atoms with Gasteiger partial charge in [0.15, 0.2) is 33.1 Å². The molecular weight excluding hydrogens is 356 g/mol. The lowest BCUT2D eigenvalue weighted by Gasteiger charge is -2.19. The van der Waals surface area contributed by atoms with E-state index in [0.29, 0.717) is 43.5 Å². The Labute approximate surface area is 152 Å². The lowest BCUT2D eigenvalue weighted by Crippen LogP contribution is -2.17. The first kappa shape index (κ1) is 17.7. The maximum Gasteiger partial charge on any atom is 0.196 e. The standard InChI is InChI=1S/C17H24N4O4S/c1-3-14-18-11(2)15(25-14)17-19-16(12-4-7-24-8-5-12)20-21(17)13-6-9-26(22,23)10-13/h12-13H,3-10H2,1-2H3. The average Bonchev–Trinajstić information content (AvgIpc) is 3.31. The molecule has 0 radical (unpaired) electrons. The summed E-state index contributed by atoms with van der Waals surface area (Å²) in [6.45, 7) is 5.27. The van der Waals surface area contributed by atoms with Gasteiger partial charge < -0.3 is 9.15 Å². The van der Waals surface area contributed by atoms with Gasteiger partial charge in [0.25, 0.3) is 0 Å². The van der Waals surface area contributed by atoms with Gasteiger partial charge in [-0.15, -0.1) is 0 Å². The molecule has 2 saturated heterocycles. The fourth-order valence-corrected chi connectivity index (χ4v) is 5.35. The van der Waals surface area contributed by atoms with Crippen LogP contribution < -0.4 is 0 Å². The van der Waals surface area contributed by atoms with Crippen molar-refractivity contribution in [1.82, 2.24) is 19.7 Å².